The number of anilines is 2. The molecule has 10 heteroatoms. The highest BCUT2D eigenvalue weighted by Gasteiger charge is 2.52. The molecule has 2 aromatic heterocycles. The monoisotopic (exact) mass is 793 g/mol. The largest absolute Gasteiger partial charge is 0.382 e. The predicted molar refractivity (Wildman–Crippen MR) is 228 cm³/mol. The Hall–Kier alpha value is -3.13. The van der Waals surface area contributed by atoms with Crippen molar-refractivity contribution >= 4 is 23.7 Å². The molecule has 0 spiro atoms. The van der Waals surface area contributed by atoms with E-state index in [9.17, 15) is 9.59 Å². The van der Waals surface area contributed by atoms with Crippen LogP contribution in [0.4, 0.5) is 16.4 Å². The predicted octanol–water partition coefficient (Wildman–Crippen LogP) is 10.5. The van der Waals surface area contributed by atoms with Crippen molar-refractivity contribution in [3.8, 4) is 0 Å². The van der Waals surface area contributed by atoms with Gasteiger partial charge in [-0.25, -0.2) is 9.59 Å². The van der Waals surface area contributed by atoms with Gasteiger partial charge in [0, 0.05) is 28.1 Å². The number of nitrogens with one attached hydrogen (secondary N) is 2. The highest BCUT2D eigenvalue weighted by Crippen LogP contribution is 2.57. The van der Waals surface area contributed by atoms with Gasteiger partial charge >= 0.3 is 6.03 Å². The van der Waals surface area contributed by atoms with Gasteiger partial charge in [0.1, 0.15) is 5.82 Å². The third-order valence-corrected chi connectivity index (χ3v) is 17.2. The molecule has 8 bridgehead atoms. The van der Waals surface area contributed by atoms with Crippen molar-refractivity contribution in [3.63, 3.8) is 0 Å². The average Bonchev–Trinajstić information content (AvgIpc) is 3.75. The van der Waals surface area contributed by atoms with Gasteiger partial charge in [0.2, 0.25) is 6.08 Å². The number of nitrogen functional groups attached to an aromatic ring is 1. The van der Waals surface area contributed by atoms with E-state index in [1.54, 1.807) is 6.08 Å². The van der Waals surface area contributed by atoms with Crippen LogP contribution < -0.4 is 16.4 Å². The summed E-state index contributed by atoms with van der Waals surface area (Å²) >= 11 is 0. The molecular weight excluding hydrogens is 721 g/mol. The molecule has 12 aliphatic rings. The summed E-state index contributed by atoms with van der Waals surface area (Å²) in [5, 5.41) is 16.3. The first-order valence-electron chi connectivity index (χ1n) is 24.5. The Balaban J connectivity index is 0.000000118. The first kappa shape index (κ1) is 39.0. The zero-order chi connectivity index (χ0) is 39.3. The quantitative estimate of drug-likeness (QED) is 0.205. The number of aromatic nitrogens is 4. The topological polar surface area (TPSA) is 132 Å². The van der Waals surface area contributed by atoms with Crippen molar-refractivity contribution < 1.29 is 9.59 Å². The molecule has 58 heavy (non-hydrogen) atoms. The number of nitrogens with two attached hydrogens (primary N) is 1. The SMILES string of the molecule is Nc1nn(C2CCCCC2)c2c1CCCC2.O=C(Nc1nn(C2CCCCC2)c2c1CCCC2)NC12CC3CC(CC(C3)C1)C2.O=C=NC12CC3CC(CC(C3)C1)C2. The maximum absolute atomic E-state index is 13.1. The summed E-state index contributed by atoms with van der Waals surface area (Å²) in [6.45, 7) is 0. The molecule has 10 saturated carbocycles. The second-order valence-electron chi connectivity index (χ2n) is 21.6. The lowest BCUT2D eigenvalue weighted by atomic mass is 9.53. The summed E-state index contributed by atoms with van der Waals surface area (Å²) < 4.78 is 4.59. The van der Waals surface area contributed by atoms with Crippen LogP contribution in [0, 0.1) is 35.5 Å². The summed E-state index contributed by atoms with van der Waals surface area (Å²) in [6, 6.07) is 1.17. The van der Waals surface area contributed by atoms with Gasteiger partial charge in [-0.05, 0) is 190 Å². The van der Waals surface area contributed by atoms with Crippen LogP contribution >= 0.6 is 0 Å². The summed E-state index contributed by atoms with van der Waals surface area (Å²) in [5.74, 6) is 6.84. The molecule has 2 heterocycles. The minimum absolute atomic E-state index is 0.00591. The van der Waals surface area contributed by atoms with E-state index < -0.39 is 0 Å². The lowest BCUT2D eigenvalue weighted by Gasteiger charge is -2.56. The van der Waals surface area contributed by atoms with Crippen LogP contribution in [0.5, 0.6) is 0 Å². The van der Waals surface area contributed by atoms with Crippen LogP contribution in [0.2, 0.25) is 0 Å². The van der Waals surface area contributed by atoms with E-state index in [4.69, 9.17) is 10.8 Å². The number of rotatable bonds is 5. The number of urea groups is 1. The van der Waals surface area contributed by atoms with Crippen LogP contribution in [0.1, 0.15) is 202 Å². The molecule has 10 nitrogen and oxygen atoms in total. The van der Waals surface area contributed by atoms with Crippen molar-refractivity contribution in [2.45, 2.75) is 216 Å². The molecule has 10 fully saturated rings. The average molecular weight is 793 g/mol. The van der Waals surface area contributed by atoms with Crippen LogP contribution in [0.3, 0.4) is 0 Å². The van der Waals surface area contributed by atoms with Crippen LogP contribution in [0.25, 0.3) is 0 Å². The number of carbonyl (C=O) groups is 1. The van der Waals surface area contributed by atoms with E-state index >= 15 is 0 Å². The molecule has 0 unspecified atom stereocenters. The standard InChI is InChI=1S/C24H36N4O.C13H21N3.C11H15NO/c29-23(26-24-13-16-10-17(14-24)12-18(11-16)15-24)25-22-20-8-4-5-9-21(20)28(27-22)19-6-2-1-3-7-19;14-13-11-8-4-5-9-12(11)16(15-13)10-6-2-1-3-7-10;13-7-12-11-4-8-1-9(5-11)3-10(2-8)6-11/h16-19H,1-15H2,(H2,25,26,27,29);10H,1-9H2,(H2,14,15);8-10H,1-6H2. The minimum Gasteiger partial charge on any atom is -0.382 e. The van der Waals surface area contributed by atoms with Gasteiger partial charge in [-0.3, -0.25) is 14.7 Å². The molecular formula is C48H72N8O2. The molecule has 4 N–H and O–H groups in total. The highest BCUT2D eigenvalue weighted by atomic mass is 16.2. The number of hydrogen-bond donors (Lipinski definition) is 3. The first-order valence-corrected chi connectivity index (χ1v) is 24.5. The molecule has 2 amide bonds. The van der Waals surface area contributed by atoms with E-state index in [0.717, 1.165) is 66.4 Å². The zero-order valence-electron chi connectivity index (χ0n) is 35.5. The molecule has 0 aliphatic heterocycles. The fourth-order valence-corrected chi connectivity index (χ4v) is 15.6. The van der Waals surface area contributed by atoms with Crippen molar-refractivity contribution in [2.75, 3.05) is 11.1 Å². The normalized spacial score (nSPS) is 35.7. The van der Waals surface area contributed by atoms with E-state index in [1.807, 2.05) is 0 Å². The lowest BCUT2D eigenvalue weighted by Crippen LogP contribution is -2.60. The number of isocyanates is 1. The molecule has 2 aromatic rings. The number of fused-ring (bicyclic) bond motifs is 2. The molecule has 316 valence electrons. The highest BCUT2D eigenvalue weighted by molar-refractivity contribution is 5.89. The van der Waals surface area contributed by atoms with Gasteiger partial charge in [-0.1, -0.05) is 38.5 Å². The second-order valence-corrected chi connectivity index (χ2v) is 21.6. The van der Waals surface area contributed by atoms with Gasteiger partial charge in [-0.15, -0.1) is 0 Å². The molecule has 12 aliphatic carbocycles. The van der Waals surface area contributed by atoms with Crippen LogP contribution in [0.15, 0.2) is 4.99 Å². The van der Waals surface area contributed by atoms with Crippen molar-refractivity contribution in [1.29, 1.82) is 0 Å². The maximum atomic E-state index is 13.1. The van der Waals surface area contributed by atoms with E-state index in [1.165, 1.54) is 196 Å². The molecule has 0 radical (unpaired) electrons. The third kappa shape index (κ3) is 7.94. The summed E-state index contributed by atoms with van der Waals surface area (Å²) in [6.07, 6.45) is 40.1. The van der Waals surface area contributed by atoms with Gasteiger partial charge in [0.15, 0.2) is 5.82 Å². The number of carbonyl (C=O) groups excluding carboxylic acids is 2. The third-order valence-electron chi connectivity index (χ3n) is 17.2. The number of aliphatic imine (C=N–C) groups is 1. The summed E-state index contributed by atoms with van der Waals surface area (Å²) in [7, 11) is 0. The molecule has 14 rings (SSSR count). The Morgan fingerprint density at radius 1 is 0.603 bits per heavy atom. The molecule has 0 aromatic carbocycles. The first-order chi connectivity index (χ1) is 28.3. The van der Waals surface area contributed by atoms with Crippen molar-refractivity contribution in [3.05, 3.63) is 22.5 Å². The zero-order valence-corrected chi connectivity index (χ0v) is 35.5. The van der Waals surface area contributed by atoms with E-state index in [0.29, 0.717) is 12.1 Å². The second kappa shape index (κ2) is 16.4. The Kier molecular flexibility index (Phi) is 11.0. The Labute approximate surface area is 347 Å². The maximum Gasteiger partial charge on any atom is 0.320 e. The fourth-order valence-electron chi connectivity index (χ4n) is 15.6. The Morgan fingerprint density at radius 2 is 1.05 bits per heavy atom. The summed E-state index contributed by atoms with van der Waals surface area (Å²) in [4.78, 5) is 27.6. The van der Waals surface area contributed by atoms with Crippen molar-refractivity contribution in [2.24, 2.45) is 40.5 Å². The van der Waals surface area contributed by atoms with Gasteiger partial charge in [-0.2, -0.15) is 15.2 Å². The van der Waals surface area contributed by atoms with Gasteiger partial charge < -0.3 is 11.1 Å². The van der Waals surface area contributed by atoms with Crippen molar-refractivity contribution in [1.82, 2.24) is 24.9 Å². The Morgan fingerprint density at radius 3 is 1.57 bits per heavy atom. The van der Waals surface area contributed by atoms with Crippen LogP contribution in [-0.4, -0.2) is 42.7 Å². The van der Waals surface area contributed by atoms with E-state index in [-0.39, 0.29) is 17.1 Å². The minimum atomic E-state index is -0.00591. The fraction of sp³-hybridized carbons (Fsp3) is 0.833. The van der Waals surface area contributed by atoms with Crippen LogP contribution in [-0.2, 0) is 30.5 Å². The smallest absolute Gasteiger partial charge is 0.320 e. The van der Waals surface area contributed by atoms with Gasteiger partial charge in [0.05, 0.1) is 17.6 Å². The lowest BCUT2D eigenvalue weighted by molar-refractivity contribution is -0.0127. The number of amides is 2. The summed E-state index contributed by atoms with van der Waals surface area (Å²) in [5.41, 5.74) is 11.7. The van der Waals surface area contributed by atoms with E-state index in [2.05, 4.69) is 30.1 Å². The molecule has 0 saturated heterocycles. The van der Waals surface area contributed by atoms with Gasteiger partial charge in [0.25, 0.3) is 0 Å². The Bertz CT molecular complexity index is 1770. The molecule has 0 atom stereocenters. The number of nitrogens with zero attached hydrogens (tertiary/aromatic N) is 5. The number of hydrogen-bond acceptors (Lipinski definition) is 6.